The summed E-state index contributed by atoms with van der Waals surface area (Å²) in [6, 6.07) is 17.7. The lowest BCUT2D eigenvalue weighted by Crippen LogP contribution is -2.44. The molecule has 1 N–H and O–H groups in total. The quantitative estimate of drug-likeness (QED) is 0.701. The van der Waals surface area contributed by atoms with Crippen molar-refractivity contribution >= 4 is 11.8 Å². The summed E-state index contributed by atoms with van der Waals surface area (Å²) in [5.41, 5.74) is 1.51. The van der Waals surface area contributed by atoms with E-state index in [1.54, 1.807) is 7.11 Å². The van der Waals surface area contributed by atoms with E-state index in [4.69, 9.17) is 9.47 Å². The molecule has 2 aromatic carbocycles. The van der Waals surface area contributed by atoms with Gasteiger partial charge in [0, 0.05) is 13.1 Å². The van der Waals surface area contributed by atoms with E-state index in [1.807, 2.05) is 59.5 Å². The summed E-state index contributed by atoms with van der Waals surface area (Å²) in [5.74, 6) is -0.273. The van der Waals surface area contributed by atoms with Crippen LogP contribution in [0.25, 0.3) is 0 Å². The number of carbonyl (C=O) groups is 2. The fraction of sp³-hybridized carbons (Fsp3) is 0.360. The first-order chi connectivity index (χ1) is 15.1. The molecule has 2 amide bonds. The number of nitrogens with zero attached hydrogens (tertiary/aromatic N) is 1. The average molecular weight is 418 g/mol. The van der Waals surface area contributed by atoms with Crippen LogP contribution in [0.4, 0.5) is 0 Å². The number of carbonyl (C=O) groups excluding carboxylic acids is 2. The molecule has 160 valence electrons. The van der Waals surface area contributed by atoms with E-state index in [0.29, 0.717) is 19.6 Å². The zero-order chi connectivity index (χ0) is 21.4. The molecule has 4 atom stereocenters. The number of fused-ring (bicyclic) bond motifs is 1. The molecular weight excluding hydrogens is 392 g/mol. The first-order valence-corrected chi connectivity index (χ1v) is 10.7. The SMILES string of the molecule is COc1ccc(CNC(=O)C2[C@@H]3C=C[C@@]4(CN(CCc5ccccc5)C(=O)[C@@H]24)O3)cc1. The molecule has 6 heteroatoms. The van der Waals surface area contributed by atoms with Crippen LogP contribution < -0.4 is 10.1 Å². The van der Waals surface area contributed by atoms with Crippen molar-refractivity contribution in [2.75, 3.05) is 20.2 Å². The Kier molecular flexibility index (Phi) is 5.02. The number of hydrogen-bond donors (Lipinski definition) is 1. The Morgan fingerprint density at radius 3 is 2.68 bits per heavy atom. The van der Waals surface area contributed by atoms with Gasteiger partial charge in [-0.15, -0.1) is 0 Å². The van der Waals surface area contributed by atoms with Crippen molar-refractivity contribution in [2.45, 2.75) is 24.7 Å². The Hall–Kier alpha value is -3.12. The second-order valence-corrected chi connectivity index (χ2v) is 8.46. The van der Waals surface area contributed by atoms with Crippen molar-refractivity contribution in [3.63, 3.8) is 0 Å². The Morgan fingerprint density at radius 2 is 1.94 bits per heavy atom. The minimum Gasteiger partial charge on any atom is -0.497 e. The third kappa shape index (κ3) is 3.51. The van der Waals surface area contributed by atoms with Crippen LogP contribution in [0.2, 0.25) is 0 Å². The Bertz CT molecular complexity index is 1000. The van der Waals surface area contributed by atoms with Gasteiger partial charge < -0.3 is 19.7 Å². The number of ether oxygens (including phenoxy) is 2. The van der Waals surface area contributed by atoms with Crippen molar-refractivity contribution in [1.82, 2.24) is 10.2 Å². The highest BCUT2D eigenvalue weighted by Crippen LogP contribution is 2.51. The van der Waals surface area contributed by atoms with Crippen molar-refractivity contribution in [1.29, 1.82) is 0 Å². The van der Waals surface area contributed by atoms with Gasteiger partial charge in [-0.3, -0.25) is 9.59 Å². The Morgan fingerprint density at radius 1 is 1.16 bits per heavy atom. The molecule has 0 aromatic heterocycles. The second-order valence-electron chi connectivity index (χ2n) is 8.46. The summed E-state index contributed by atoms with van der Waals surface area (Å²) >= 11 is 0. The standard InChI is InChI=1S/C25H26N2O4/c1-30-19-9-7-18(8-10-19)15-26-23(28)21-20-11-13-25(31-20)16-27(24(29)22(21)25)14-12-17-5-3-2-4-6-17/h2-11,13,20-22H,12,14-16H2,1H3,(H,26,28)/t20-,21?,22+,25-/m0/s1. The van der Waals surface area contributed by atoms with Gasteiger partial charge in [-0.05, 0) is 29.7 Å². The van der Waals surface area contributed by atoms with Crippen LogP contribution >= 0.6 is 0 Å². The molecule has 0 radical (unpaired) electrons. The van der Waals surface area contributed by atoms with E-state index in [2.05, 4.69) is 17.4 Å². The highest BCUT2D eigenvalue weighted by Gasteiger charge is 2.66. The Labute approximate surface area is 181 Å². The molecule has 3 heterocycles. The van der Waals surface area contributed by atoms with E-state index >= 15 is 0 Å². The van der Waals surface area contributed by atoms with E-state index in [-0.39, 0.29) is 17.9 Å². The molecule has 1 spiro atoms. The van der Waals surface area contributed by atoms with Gasteiger partial charge in [0.2, 0.25) is 11.8 Å². The van der Waals surface area contributed by atoms with Crippen LogP contribution in [0, 0.1) is 11.8 Å². The first-order valence-electron chi connectivity index (χ1n) is 10.7. The number of likely N-dealkylation sites (tertiary alicyclic amines) is 1. The van der Waals surface area contributed by atoms with Crippen LogP contribution in [0.15, 0.2) is 66.7 Å². The lowest BCUT2D eigenvalue weighted by atomic mass is 9.77. The van der Waals surface area contributed by atoms with Crippen LogP contribution in [0.3, 0.4) is 0 Å². The van der Waals surface area contributed by atoms with Gasteiger partial charge in [-0.2, -0.15) is 0 Å². The largest absolute Gasteiger partial charge is 0.497 e. The lowest BCUT2D eigenvalue weighted by Gasteiger charge is -2.23. The second kappa shape index (κ2) is 7.85. The van der Waals surface area contributed by atoms with Crippen LogP contribution in [-0.4, -0.2) is 48.6 Å². The van der Waals surface area contributed by atoms with Gasteiger partial charge in [-0.25, -0.2) is 0 Å². The van der Waals surface area contributed by atoms with Gasteiger partial charge in [0.1, 0.15) is 11.4 Å². The monoisotopic (exact) mass is 418 g/mol. The summed E-state index contributed by atoms with van der Waals surface area (Å²) < 4.78 is 11.4. The summed E-state index contributed by atoms with van der Waals surface area (Å²) in [4.78, 5) is 28.2. The predicted octanol–water partition coefficient (Wildman–Crippen LogP) is 2.34. The number of benzene rings is 2. The van der Waals surface area contributed by atoms with Gasteiger partial charge in [0.15, 0.2) is 0 Å². The Balaban J connectivity index is 1.25. The summed E-state index contributed by atoms with van der Waals surface area (Å²) in [5, 5.41) is 3.00. The summed E-state index contributed by atoms with van der Waals surface area (Å²) in [7, 11) is 1.62. The van der Waals surface area contributed by atoms with Gasteiger partial charge in [0.25, 0.3) is 0 Å². The number of nitrogens with one attached hydrogen (secondary N) is 1. The fourth-order valence-corrected chi connectivity index (χ4v) is 5.03. The smallest absolute Gasteiger partial charge is 0.230 e. The number of methoxy groups -OCH3 is 1. The van der Waals surface area contributed by atoms with Crippen molar-refractivity contribution in [2.24, 2.45) is 11.8 Å². The molecule has 0 aliphatic carbocycles. The molecular formula is C25H26N2O4. The average Bonchev–Trinajstić information content (AvgIpc) is 3.45. The zero-order valence-electron chi connectivity index (χ0n) is 17.5. The predicted molar refractivity (Wildman–Crippen MR) is 115 cm³/mol. The first kappa shape index (κ1) is 19.8. The highest BCUT2D eigenvalue weighted by molar-refractivity contribution is 5.93. The van der Waals surface area contributed by atoms with E-state index < -0.39 is 17.4 Å². The van der Waals surface area contributed by atoms with Gasteiger partial charge in [-0.1, -0.05) is 54.6 Å². The van der Waals surface area contributed by atoms with Gasteiger partial charge in [0.05, 0.1) is 31.6 Å². The summed E-state index contributed by atoms with van der Waals surface area (Å²) in [6.45, 7) is 1.54. The molecule has 2 fully saturated rings. The molecule has 2 aromatic rings. The molecule has 0 saturated carbocycles. The third-order valence-electron chi connectivity index (χ3n) is 6.62. The third-order valence-corrected chi connectivity index (χ3v) is 6.62. The molecule has 6 nitrogen and oxygen atoms in total. The topological polar surface area (TPSA) is 67.9 Å². The number of rotatable bonds is 7. The minimum atomic E-state index is -0.666. The maximum absolute atomic E-state index is 13.3. The number of hydrogen-bond acceptors (Lipinski definition) is 4. The normalized spacial score (nSPS) is 28.1. The maximum Gasteiger partial charge on any atom is 0.230 e. The minimum absolute atomic E-state index is 0.0207. The lowest BCUT2D eigenvalue weighted by molar-refractivity contribution is -0.137. The molecule has 2 bridgehead atoms. The van der Waals surface area contributed by atoms with E-state index in [0.717, 1.165) is 17.7 Å². The van der Waals surface area contributed by atoms with Crippen molar-refractivity contribution < 1.29 is 19.1 Å². The van der Waals surface area contributed by atoms with Crippen LogP contribution in [-0.2, 0) is 27.3 Å². The fourth-order valence-electron chi connectivity index (χ4n) is 5.03. The number of amides is 2. The van der Waals surface area contributed by atoms with E-state index in [9.17, 15) is 9.59 Å². The molecule has 3 aliphatic heterocycles. The molecule has 3 aliphatic rings. The summed E-state index contributed by atoms with van der Waals surface area (Å²) in [6.07, 6.45) is 4.40. The van der Waals surface area contributed by atoms with E-state index in [1.165, 1.54) is 5.56 Å². The van der Waals surface area contributed by atoms with Crippen LogP contribution in [0.1, 0.15) is 11.1 Å². The zero-order valence-corrected chi connectivity index (χ0v) is 17.5. The molecule has 2 saturated heterocycles. The van der Waals surface area contributed by atoms with Crippen molar-refractivity contribution in [3.8, 4) is 5.75 Å². The van der Waals surface area contributed by atoms with Gasteiger partial charge >= 0.3 is 0 Å². The highest BCUT2D eigenvalue weighted by atomic mass is 16.5. The molecule has 5 rings (SSSR count). The molecule has 1 unspecified atom stereocenters. The van der Waals surface area contributed by atoms with Crippen LogP contribution in [0.5, 0.6) is 5.75 Å². The maximum atomic E-state index is 13.3. The van der Waals surface area contributed by atoms with Crippen molar-refractivity contribution in [3.05, 3.63) is 77.9 Å². The molecule has 31 heavy (non-hydrogen) atoms.